The Morgan fingerprint density at radius 2 is 1.31 bits per heavy atom. The molecule has 16 heavy (non-hydrogen) atoms. The standard InChI is InChI=1S/C12H14Si.2CH3.Zr/c1-13(2,11-7-3-4-8-11)12-9-5-6-10-12;;;/h3,5,7,9H,4,6H2,1-2H3;2*1H3;/q-2;2*-1;+4. The van der Waals surface area contributed by atoms with Crippen LogP contribution in [-0.2, 0) is 26.2 Å². The van der Waals surface area contributed by atoms with Crippen molar-refractivity contribution < 1.29 is 26.2 Å². The molecule has 0 N–H and O–H groups in total. The molecular weight excluding hydrogens is 287 g/mol. The first-order chi connectivity index (χ1) is 6.21. The van der Waals surface area contributed by atoms with Gasteiger partial charge in [-0.05, 0) is 0 Å². The topological polar surface area (TPSA) is 0 Å². The molecule has 2 aliphatic rings. The summed E-state index contributed by atoms with van der Waals surface area (Å²) in [5.41, 5.74) is 0. The van der Waals surface area contributed by atoms with Crippen LogP contribution in [-0.4, -0.2) is 8.07 Å². The average molecular weight is 308 g/mol. The fraction of sp³-hybridized carbons (Fsp3) is 0.286. The van der Waals surface area contributed by atoms with Gasteiger partial charge in [-0.1, -0.05) is 13.1 Å². The minimum Gasteiger partial charge on any atom is -0.358 e. The molecule has 0 saturated heterocycles. The molecular formula is C14H20SiZr. The van der Waals surface area contributed by atoms with Crippen molar-refractivity contribution in [2.75, 3.05) is 0 Å². The average Bonchev–Trinajstić information content (AvgIpc) is 2.78. The van der Waals surface area contributed by atoms with Crippen LogP contribution < -0.4 is 0 Å². The quantitative estimate of drug-likeness (QED) is 0.533. The van der Waals surface area contributed by atoms with Crippen molar-refractivity contribution in [1.82, 2.24) is 0 Å². The van der Waals surface area contributed by atoms with Gasteiger partial charge in [0.1, 0.15) is 0 Å². The molecule has 0 fully saturated rings. The summed E-state index contributed by atoms with van der Waals surface area (Å²) >= 11 is 0. The normalized spacial score (nSPS) is 16.9. The summed E-state index contributed by atoms with van der Waals surface area (Å²) in [5.74, 6) is 0. The van der Waals surface area contributed by atoms with Gasteiger partial charge in [0.15, 0.2) is 0 Å². The van der Waals surface area contributed by atoms with Crippen molar-refractivity contribution in [3.05, 3.63) is 61.7 Å². The maximum absolute atomic E-state index is 3.45. The van der Waals surface area contributed by atoms with E-state index in [4.69, 9.17) is 0 Å². The van der Waals surface area contributed by atoms with Gasteiger partial charge in [0, 0.05) is 8.07 Å². The third kappa shape index (κ3) is 3.53. The fourth-order valence-corrected chi connectivity index (χ4v) is 4.26. The second-order valence-corrected chi connectivity index (χ2v) is 8.35. The monoisotopic (exact) mass is 306 g/mol. The predicted molar refractivity (Wildman–Crippen MR) is 71.3 cm³/mol. The van der Waals surface area contributed by atoms with Crippen molar-refractivity contribution in [3.8, 4) is 0 Å². The van der Waals surface area contributed by atoms with E-state index >= 15 is 0 Å². The summed E-state index contributed by atoms with van der Waals surface area (Å²) in [6.07, 6.45) is 17.8. The first-order valence-electron chi connectivity index (χ1n) is 4.77. The molecule has 0 bridgehead atoms. The molecule has 0 aromatic heterocycles. The van der Waals surface area contributed by atoms with E-state index in [0.29, 0.717) is 0 Å². The largest absolute Gasteiger partial charge is 4.00 e. The Morgan fingerprint density at radius 1 is 0.938 bits per heavy atom. The fourth-order valence-electron chi connectivity index (χ4n) is 1.81. The summed E-state index contributed by atoms with van der Waals surface area (Å²) in [7, 11) is -1.40. The van der Waals surface area contributed by atoms with Gasteiger partial charge in [-0.15, -0.1) is 12.8 Å². The van der Waals surface area contributed by atoms with Crippen LogP contribution in [0.1, 0.15) is 12.8 Å². The number of rotatable bonds is 2. The summed E-state index contributed by atoms with van der Waals surface area (Å²) in [6.45, 7) is 4.76. The Labute approximate surface area is 121 Å². The molecule has 0 aliphatic heterocycles. The minimum absolute atomic E-state index is 0. The first-order valence-corrected chi connectivity index (χ1v) is 7.77. The van der Waals surface area contributed by atoms with Crippen molar-refractivity contribution in [2.24, 2.45) is 0 Å². The summed E-state index contributed by atoms with van der Waals surface area (Å²) in [5, 5.41) is 2.89. The molecule has 2 rings (SSSR count). The third-order valence-electron chi connectivity index (χ3n) is 2.74. The molecule has 0 radical (unpaired) electrons. The molecule has 0 saturated carbocycles. The number of allylic oxidation sites excluding steroid dienone is 8. The van der Waals surface area contributed by atoms with Gasteiger partial charge in [-0.3, -0.25) is 12.2 Å². The molecule has 0 unspecified atom stereocenters. The predicted octanol–water partition coefficient (Wildman–Crippen LogP) is 4.05. The van der Waals surface area contributed by atoms with Crippen molar-refractivity contribution in [2.45, 2.75) is 25.9 Å². The van der Waals surface area contributed by atoms with Gasteiger partial charge < -0.3 is 14.9 Å². The molecule has 0 spiro atoms. The Morgan fingerprint density at radius 3 is 1.56 bits per heavy atom. The van der Waals surface area contributed by atoms with Crippen molar-refractivity contribution >= 4 is 8.07 Å². The van der Waals surface area contributed by atoms with Crippen LogP contribution >= 0.6 is 0 Å². The van der Waals surface area contributed by atoms with Gasteiger partial charge >= 0.3 is 26.2 Å². The molecule has 0 amide bonds. The van der Waals surface area contributed by atoms with Gasteiger partial charge in [-0.2, -0.15) is 12.2 Å². The van der Waals surface area contributed by atoms with Gasteiger partial charge in [0.05, 0.1) is 0 Å². The van der Waals surface area contributed by atoms with E-state index < -0.39 is 8.07 Å². The molecule has 0 aromatic carbocycles. The molecule has 84 valence electrons. The van der Waals surface area contributed by atoms with E-state index in [-0.39, 0.29) is 41.1 Å². The maximum atomic E-state index is 3.45. The minimum atomic E-state index is -1.40. The molecule has 0 nitrogen and oxygen atoms in total. The van der Waals surface area contributed by atoms with E-state index in [1.54, 1.807) is 0 Å². The molecule has 2 aliphatic carbocycles. The van der Waals surface area contributed by atoms with Crippen LogP contribution in [0, 0.1) is 27.0 Å². The van der Waals surface area contributed by atoms with Crippen LogP contribution in [0.5, 0.6) is 0 Å². The van der Waals surface area contributed by atoms with Gasteiger partial charge in [0.2, 0.25) is 0 Å². The van der Waals surface area contributed by atoms with Crippen molar-refractivity contribution in [1.29, 1.82) is 0 Å². The molecule has 0 atom stereocenters. The zero-order valence-electron chi connectivity index (χ0n) is 10.7. The Bertz CT molecular complexity index is 301. The summed E-state index contributed by atoms with van der Waals surface area (Å²) in [6, 6.07) is 0. The first kappa shape index (κ1) is 18.4. The number of hydrogen-bond acceptors (Lipinski definition) is 0. The Balaban J connectivity index is 0. The van der Waals surface area contributed by atoms with Crippen molar-refractivity contribution in [3.63, 3.8) is 0 Å². The van der Waals surface area contributed by atoms with E-state index in [2.05, 4.69) is 49.6 Å². The smallest absolute Gasteiger partial charge is 0.358 e. The Hall–Kier alpha value is 0.0600. The number of hydrogen-bond donors (Lipinski definition) is 0. The zero-order valence-corrected chi connectivity index (χ0v) is 14.2. The summed E-state index contributed by atoms with van der Waals surface area (Å²) in [4.78, 5) is 0. The maximum Gasteiger partial charge on any atom is 4.00 e. The van der Waals surface area contributed by atoms with E-state index in [0.717, 1.165) is 12.8 Å². The van der Waals surface area contributed by atoms with Crippen LogP contribution in [0.15, 0.2) is 34.7 Å². The SMILES string of the molecule is C[Si](C)(C1=[C-]CC=C1)C1=[C-]CC=C1.[CH3-].[CH3-].[Zr+4]. The zero-order chi connectivity index (χ0) is 9.31. The molecule has 0 aromatic rings. The third-order valence-corrected chi connectivity index (χ3v) is 6.12. The van der Waals surface area contributed by atoms with E-state index in [1.165, 1.54) is 10.4 Å². The molecule has 2 heteroatoms. The van der Waals surface area contributed by atoms with Crippen LogP contribution in [0.3, 0.4) is 0 Å². The van der Waals surface area contributed by atoms with E-state index in [9.17, 15) is 0 Å². The van der Waals surface area contributed by atoms with Crippen LogP contribution in [0.25, 0.3) is 0 Å². The summed E-state index contributed by atoms with van der Waals surface area (Å²) < 4.78 is 0. The van der Waals surface area contributed by atoms with Gasteiger partial charge in [-0.25, -0.2) is 22.5 Å². The van der Waals surface area contributed by atoms with Crippen LogP contribution in [0.2, 0.25) is 13.1 Å². The molecule has 0 heterocycles. The second kappa shape index (κ2) is 7.40. The second-order valence-electron chi connectivity index (χ2n) is 4.02. The van der Waals surface area contributed by atoms with Gasteiger partial charge in [0.25, 0.3) is 0 Å². The van der Waals surface area contributed by atoms with E-state index in [1.807, 2.05) is 0 Å². The van der Waals surface area contributed by atoms with Crippen LogP contribution in [0.4, 0.5) is 0 Å². The Kier molecular flexibility index (Phi) is 8.52.